The average molecular weight is 280 g/mol. The molecule has 2 unspecified atom stereocenters. The van der Waals surface area contributed by atoms with Gasteiger partial charge in [-0.1, -0.05) is 13.8 Å². The van der Waals surface area contributed by atoms with Gasteiger partial charge >= 0.3 is 5.97 Å². The highest BCUT2D eigenvalue weighted by atomic mass is 16.4. The van der Waals surface area contributed by atoms with Crippen LogP contribution in [-0.2, 0) is 9.59 Å². The van der Waals surface area contributed by atoms with Crippen molar-refractivity contribution >= 4 is 11.9 Å². The van der Waals surface area contributed by atoms with Crippen LogP contribution in [0, 0.1) is 17.3 Å². The minimum absolute atomic E-state index is 0.0587. The van der Waals surface area contributed by atoms with Crippen LogP contribution in [0.15, 0.2) is 0 Å². The molecule has 112 valence electrons. The van der Waals surface area contributed by atoms with Gasteiger partial charge in [-0.05, 0) is 31.7 Å². The Hall–Kier alpha value is -1.10. The molecule has 0 radical (unpaired) electrons. The molecule has 1 amide bonds. The summed E-state index contributed by atoms with van der Waals surface area (Å²) in [7, 11) is 2.15. The Balaban J connectivity index is 1.71. The van der Waals surface area contributed by atoms with E-state index in [0.29, 0.717) is 12.1 Å². The van der Waals surface area contributed by atoms with Crippen LogP contribution in [0.25, 0.3) is 0 Å². The molecule has 3 fully saturated rings. The summed E-state index contributed by atoms with van der Waals surface area (Å²) in [4.78, 5) is 28.2. The molecule has 1 saturated carbocycles. The van der Waals surface area contributed by atoms with Gasteiger partial charge in [0.1, 0.15) is 0 Å². The van der Waals surface area contributed by atoms with Crippen molar-refractivity contribution in [3.05, 3.63) is 0 Å². The van der Waals surface area contributed by atoms with Gasteiger partial charge in [-0.25, -0.2) is 0 Å². The highest BCUT2D eigenvalue weighted by molar-refractivity contribution is 5.91. The maximum atomic E-state index is 12.7. The van der Waals surface area contributed by atoms with Gasteiger partial charge in [0, 0.05) is 25.2 Å². The van der Waals surface area contributed by atoms with Crippen molar-refractivity contribution < 1.29 is 14.7 Å². The third-order valence-corrected chi connectivity index (χ3v) is 5.82. The van der Waals surface area contributed by atoms with E-state index in [9.17, 15) is 14.7 Å². The summed E-state index contributed by atoms with van der Waals surface area (Å²) in [5.41, 5.74) is -0.389. The molecule has 4 atom stereocenters. The molecule has 1 N–H and O–H groups in total. The van der Waals surface area contributed by atoms with E-state index in [0.717, 1.165) is 25.9 Å². The van der Waals surface area contributed by atoms with E-state index in [-0.39, 0.29) is 17.2 Å². The number of carboxylic acid groups (broad SMARTS) is 1. The second-order valence-corrected chi connectivity index (χ2v) is 7.24. The molecule has 1 aliphatic carbocycles. The Bertz CT molecular complexity index is 448. The van der Waals surface area contributed by atoms with E-state index in [1.165, 1.54) is 6.42 Å². The number of likely N-dealkylation sites (tertiary alicyclic amines) is 1. The Morgan fingerprint density at radius 2 is 1.75 bits per heavy atom. The zero-order chi connectivity index (χ0) is 14.7. The first-order valence-corrected chi connectivity index (χ1v) is 7.57. The van der Waals surface area contributed by atoms with E-state index in [4.69, 9.17) is 0 Å². The smallest absolute Gasteiger partial charge is 0.307 e. The molecule has 5 heteroatoms. The summed E-state index contributed by atoms with van der Waals surface area (Å²) in [6.45, 7) is 5.34. The van der Waals surface area contributed by atoms with Gasteiger partial charge in [0.05, 0.1) is 11.8 Å². The minimum Gasteiger partial charge on any atom is -0.481 e. The van der Waals surface area contributed by atoms with Gasteiger partial charge < -0.3 is 10.0 Å². The monoisotopic (exact) mass is 280 g/mol. The van der Waals surface area contributed by atoms with Gasteiger partial charge in [0.25, 0.3) is 0 Å². The van der Waals surface area contributed by atoms with Gasteiger partial charge in [-0.15, -0.1) is 0 Å². The lowest BCUT2D eigenvalue weighted by atomic mass is 10.1. The summed E-state index contributed by atoms with van der Waals surface area (Å²) in [5.74, 6) is -1.61. The largest absolute Gasteiger partial charge is 0.481 e. The summed E-state index contributed by atoms with van der Waals surface area (Å²) in [6, 6.07) is 1.05. The number of hydrogen-bond acceptors (Lipinski definition) is 3. The van der Waals surface area contributed by atoms with Crippen LogP contribution >= 0.6 is 0 Å². The first-order chi connectivity index (χ1) is 9.34. The van der Waals surface area contributed by atoms with E-state index < -0.39 is 11.9 Å². The van der Waals surface area contributed by atoms with E-state index in [1.54, 1.807) is 0 Å². The zero-order valence-corrected chi connectivity index (χ0v) is 12.5. The molecule has 3 rings (SSSR count). The predicted octanol–water partition coefficient (Wildman–Crippen LogP) is 1.04. The average Bonchev–Trinajstić information content (AvgIpc) is 2.81. The highest BCUT2D eigenvalue weighted by Gasteiger charge is 2.66. The lowest BCUT2D eigenvalue weighted by Gasteiger charge is -2.26. The van der Waals surface area contributed by atoms with Crippen molar-refractivity contribution in [1.29, 1.82) is 0 Å². The molecular weight excluding hydrogens is 256 g/mol. The van der Waals surface area contributed by atoms with Crippen LogP contribution in [-0.4, -0.2) is 59.0 Å². The number of fused-ring (bicyclic) bond motifs is 2. The Morgan fingerprint density at radius 3 is 2.35 bits per heavy atom. The van der Waals surface area contributed by atoms with Crippen molar-refractivity contribution in [2.75, 3.05) is 20.1 Å². The van der Waals surface area contributed by atoms with Crippen LogP contribution < -0.4 is 0 Å². The topological polar surface area (TPSA) is 60.9 Å². The number of carboxylic acids is 1. The lowest BCUT2D eigenvalue weighted by molar-refractivity contribution is -0.142. The second kappa shape index (κ2) is 4.45. The minimum atomic E-state index is -0.832. The van der Waals surface area contributed by atoms with Gasteiger partial charge in [-0.3, -0.25) is 14.5 Å². The van der Waals surface area contributed by atoms with Gasteiger partial charge in [0.15, 0.2) is 0 Å². The van der Waals surface area contributed by atoms with Crippen LogP contribution in [0.1, 0.15) is 33.1 Å². The molecule has 5 nitrogen and oxygen atoms in total. The molecular formula is C15H24N2O3. The summed E-state index contributed by atoms with van der Waals surface area (Å²) in [6.07, 6.45) is 3.40. The number of nitrogens with zero attached hydrogens (tertiary/aromatic N) is 2. The lowest BCUT2D eigenvalue weighted by Crippen LogP contribution is -2.41. The second-order valence-electron chi connectivity index (χ2n) is 7.24. The summed E-state index contributed by atoms with van der Waals surface area (Å²) < 4.78 is 0. The maximum absolute atomic E-state index is 12.7. The van der Waals surface area contributed by atoms with Crippen LogP contribution in [0.2, 0.25) is 0 Å². The van der Waals surface area contributed by atoms with E-state index in [1.807, 2.05) is 18.7 Å². The Kier molecular flexibility index (Phi) is 3.08. The van der Waals surface area contributed by atoms with Crippen LogP contribution in [0.3, 0.4) is 0 Å². The van der Waals surface area contributed by atoms with Crippen molar-refractivity contribution in [1.82, 2.24) is 9.80 Å². The predicted molar refractivity (Wildman–Crippen MR) is 74.2 cm³/mol. The fourth-order valence-corrected chi connectivity index (χ4v) is 4.27. The van der Waals surface area contributed by atoms with Gasteiger partial charge in [-0.2, -0.15) is 0 Å². The molecule has 2 aliphatic heterocycles. The third-order valence-electron chi connectivity index (χ3n) is 5.82. The molecule has 0 aromatic rings. The Morgan fingerprint density at radius 1 is 1.10 bits per heavy atom. The molecule has 3 aliphatic rings. The number of carbonyl (C=O) groups excluding carboxylic acids is 1. The SMILES string of the molecule is CN1C2CCC1CN(C(=O)[C@H]1[C@@H](C(=O)O)C1(C)C)CC2. The molecule has 0 aromatic carbocycles. The van der Waals surface area contributed by atoms with Crippen molar-refractivity contribution in [3.63, 3.8) is 0 Å². The first kappa shape index (κ1) is 13.9. The van der Waals surface area contributed by atoms with Gasteiger partial charge in [0.2, 0.25) is 5.91 Å². The number of likely N-dealkylation sites (N-methyl/N-ethyl adjacent to an activating group) is 1. The number of carbonyl (C=O) groups is 2. The Labute approximate surface area is 119 Å². The first-order valence-electron chi connectivity index (χ1n) is 7.57. The summed E-state index contributed by atoms with van der Waals surface area (Å²) >= 11 is 0. The fraction of sp³-hybridized carbons (Fsp3) is 0.867. The normalized spacial score (nSPS) is 39.5. The van der Waals surface area contributed by atoms with Crippen molar-refractivity contribution in [2.45, 2.75) is 45.2 Å². The molecule has 0 aromatic heterocycles. The molecule has 2 heterocycles. The number of rotatable bonds is 2. The van der Waals surface area contributed by atoms with Crippen molar-refractivity contribution in [2.24, 2.45) is 17.3 Å². The fourth-order valence-electron chi connectivity index (χ4n) is 4.27. The molecule has 2 bridgehead atoms. The maximum Gasteiger partial charge on any atom is 0.307 e. The standard InChI is InChI=1S/C15H24N2O3/c1-15(2)11(12(15)14(19)20)13(18)17-7-6-9-4-5-10(8-17)16(9)3/h9-12H,4-8H2,1-3H3,(H,19,20)/t9?,10?,11-,12+/m1/s1. The van der Waals surface area contributed by atoms with E-state index >= 15 is 0 Å². The number of aliphatic carboxylic acids is 1. The van der Waals surface area contributed by atoms with Crippen LogP contribution in [0.4, 0.5) is 0 Å². The molecule has 20 heavy (non-hydrogen) atoms. The zero-order valence-electron chi connectivity index (χ0n) is 12.5. The van der Waals surface area contributed by atoms with Crippen LogP contribution in [0.5, 0.6) is 0 Å². The molecule has 2 saturated heterocycles. The van der Waals surface area contributed by atoms with E-state index in [2.05, 4.69) is 11.9 Å². The quantitative estimate of drug-likeness (QED) is 0.821. The number of amides is 1. The third kappa shape index (κ3) is 1.94. The van der Waals surface area contributed by atoms with Crippen molar-refractivity contribution in [3.8, 4) is 0 Å². The number of hydrogen-bond donors (Lipinski definition) is 1. The summed E-state index contributed by atoms with van der Waals surface area (Å²) in [5, 5.41) is 9.23. The highest BCUT2D eigenvalue weighted by Crippen LogP contribution is 2.59. The molecule has 0 spiro atoms.